The zero-order valence-electron chi connectivity index (χ0n) is 16.1. The fraction of sp³-hybridized carbons (Fsp3) is 0.174. The molecule has 0 aliphatic rings. The van der Waals surface area contributed by atoms with Gasteiger partial charge >= 0.3 is 0 Å². The molecule has 3 aromatic carbocycles. The van der Waals surface area contributed by atoms with Crippen LogP contribution in [0, 0.1) is 6.92 Å². The number of hydrogen-bond acceptors (Lipinski definition) is 3. The van der Waals surface area contributed by atoms with Crippen LogP contribution in [0.2, 0.25) is 10.0 Å². The number of ether oxygens (including phenoxy) is 2. The molecular weight excluding hydrogens is 473 g/mol. The maximum atomic E-state index is 6.23. The van der Waals surface area contributed by atoms with Crippen molar-refractivity contribution in [3.05, 3.63) is 85.8 Å². The van der Waals surface area contributed by atoms with Crippen LogP contribution in [0.3, 0.4) is 0 Å². The van der Waals surface area contributed by atoms with Crippen molar-refractivity contribution in [1.82, 2.24) is 0 Å². The van der Waals surface area contributed by atoms with Crippen LogP contribution in [0.25, 0.3) is 0 Å². The summed E-state index contributed by atoms with van der Waals surface area (Å²) in [6.45, 7) is 4.74. The minimum Gasteiger partial charge on any atom is -0.490 e. The maximum absolute atomic E-state index is 6.23. The molecule has 29 heavy (non-hydrogen) atoms. The van der Waals surface area contributed by atoms with E-state index in [9.17, 15) is 0 Å². The highest BCUT2D eigenvalue weighted by molar-refractivity contribution is 9.10. The summed E-state index contributed by atoms with van der Waals surface area (Å²) in [5, 5.41) is 1.36. The third-order valence-electron chi connectivity index (χ3n) is 4.25. The van der Waals surface area contributed by atoms with Gasteiger partial charge in [0.1, 0.15) is 6.61 Å². The first kappa shape index (κ1) is 21.7. The third kappa shape index (κ3) is 5.53. The Morgan fingerprint density at radius 1 is 1.00 bits per heavy atom. The van der Waals surface area contributed by atoms with Crippen LogP contribution in [-0.4, -0.2) is 12.8 Å². The predicted octanol–water partition coefficient (Wildman–Crippen LogP) is 7.79. The molecule has 0 bridgehead atoms. The van der Waals surface area contributed by atoms with Crippen LogP contribution >= 0.6 is 39.1 Å². The molecule has 150 valence electrons. The Labute approximate surface area is 189 Å². The van der Waals surface area contributed by atoms with Crippen molar-refractivity contribution in [2.75, 3.05) is 6.61 Å². The number of rotatable bonds is 7. The van der Waals surface area contributed by atoms with Gasteiger partial charge in [-0.15, -0.1) is 0 Å². The zero-order valence-corrected chi connectivity index (χ0v) is 19.2. The Kier molecular flexibility index (Phi) is 7.59. The van der Waals surface area contributed by atoms with Gasteiger partial charge in [0, 0.05) is 21.8 Å². The monoisotopic (exact) mass is 491 g/mol. The Morgan fingerprint density at radius 2 is 1.76 bits per heavy atom. The molecule has 0 N–H and O–H groups in total. The standard InChI is InChI=1S/C23H20BrCl2NO2/c1-3-28-22-12-16(13-27-21-10-6-9-19(25)15(21)2)11-18(24)23(22)29-14-17-7-4-5-8-20(17)26/h4-13H,3,14H2,1-2H3. The van der Waals surface area contributed by atoms with Gasteiger partial charge in [-0.1, -0.05) is 47.5 Å². The first-order valence-corrected chi connectivity index (χ1v) is 10.7. The summed E-state index contributed by atoms with van der Waals surface area (Å²) in [5.74, 6) is 1.26. The van der Waals surface area contributed by atoms with E-state index >= 15 is 0 Å². The highest BCUT2D eigenvalue weighted by Gasteiger charge is 2.13. The van der Waals surface area contributed by atoms with Crippen LogP contribution in [0.4, 0.5) is 5.69 Å². The molecular formula is C23H20BrCl2NO2. The summed E-state index contributed by atoms with van der Waals surface area (Å²) in [5.41, 5.74) is 3.55. The van der Waals surface area contributed by atoms with E-state index in [0.717, 1.165) is 26.9 Å². The van der Waals surface area contributed by atoms with E-state index < -0.39 is 0 Å². The van der Waals surface area contributed by atoms with E-state index in [4.69, 9.17) is 32.7 Å². The van der Waals surface area contributed by atoms with Gasteiger partial charge in [-0.3, -0.25) is 4.99 Å². The SMILES string of the molecule is CCOc1cc(C=Nc2cccc(Cl)c2C)cc(Br)c1OCc1ccccc1Cl. The van der Waals surface area contributed by atoms with Crippen molar-refractivity contribution >= 4 is 51.0 Å². The molecule has 0 atom stereocenters. The lowest BCUT2D eigenvalue weighted by Gasteiger charge is -2.15. The molecule has 0 unspecified atom stereocenters. The highest BCUT2D eigenvalue weighted by Crippen LogP contribution is 2.37. The van der Waals surface area contributed by atoms with Crippen molar-refractivity contribution in [2.45, 2.75) is 20.5 Å². The number of hydrogen-bond donors (Lipinski definition) is 0. The largest absolute Gasteiger partial charge is 0.490 e. The van der Waals surface area contributed by atoms with Gasteiger partial charge in [0.15, 0.2) is 11.5 Å². The summed E-state index contributed by atoms with van der Waals surface area (Å²) in [7, 11) is 0. The average Bonchev–Trinajstić information content (AvgIpc) is 2.70. The quantitative estimate of drug-likeness (QED) is 0.315. The number of benzene rings is 3. The van der Waals surface area contributed by atoms with Crippen molar-refractivity contribution in [2.24, 2.45) is 4.99 Å². The van der Waals surface area contributed by atoms with E-state index in [1.165, 1.54) is 0 Å². The molecule has 0 heterocycles. The normalized spacial score (nSPS) is 11.1. The molecule has 0 spiro atoms. The van der Waals surface area contributed by atoms with Crippen LogP contribution in [0.5, 0.6) is 11.5 Å². The zero-order chi connectivity index (χ0) is 20.8. The number of halogens is 3. The van der Waals surface area contributed by atoms with E-state index in [2.05, 4.69) is 20.9 Å². The highest BCUT2D eigenvalue weighted by atomic mass is 79.9. The van der Waals surface area contributed by atoms with Gasteiger partial charge < -0.3 is 9.47 Å². The van der Waals surface area contributed by atoms with Gasteiger partial charge in [-0.2, -0.15) is 0 Å². The molecule has 6 heteroatoms. The van der Waals surface area contributed by atoms with Gasteiger partial charge in [0.05, 0.1) is 16.8 Å². The first-order valence-electron chi connectivity index (χ1n) is 9.11. The van der Waals surface area contributed by atoms with E-state index in [0.29, 0.717) is 34.8 Å². The second-order valence-electron chi connectivity index (χ2n) is 6.29. The molecule has 0 saturated carbocycles. The minimum atomic E-state index is 0.341. The van der Waals surface area contributed by atoms with Crippen molar-refractivity contribution < 1.29 is 9.47 Å². The van der Waals surface area contributed by atoms with E-state index in [1.807, 2.05) is 68.4 Å². The molecule has 3 aromatic rings. The van der Waals surface area contributed by atoms with E-state index in [-0.39, 0.29) is 0 Å². The third-order valence-corrected chi connectivity index (χ3v) is 5.62. The van der Waals surface area contributed by atoms with Gasteiger partial charge in [0.2, 0.25) is 0 Å². The Bertz CT molecular complexity index is 1040. The molecule has 0 saturated heterocycles. The predicted molar refractivity (Wildman–Crippen MR) is 125 cm³/mol. The Hall–Kier alpha value is -2.01. The smallest absolute Gasteiger partial charge is 0.175 e. The first-order chi connectivity index (χ1) is 14.0. The fourth-order valence-corrected chi connectivity index (χ4v) is 3.64. The molecule has 0 amide bonds. The molecule has 0 aromatic heterocycles. The summed E-state index contributed by atoms with van der Waals surface area (Å²) >= 11 is 16.0. The number of nitrogens with zero attached hydrogens (tertiary/aromatic N) is 1. The molecule has 3 nitrogen and oxygen atoms in total. The average molecular weight is 493 g/mol. The van der Waals surface area contributed by atoms with Gasteiger partial charge in [-0.05, 0) is 71.2 Å². The summed E-state index contributed by atoms with van der Waals surface area (Å²) in [6, 6.07) is 17.1. The lowest BCUT2D eigenvalue weighted by atomic mass is 10.2. The van der Waals surface area contributed by atoms with Gasteiger partial charge in [-0.25, -0.2) is 0 Å². The van der Waals surface area contributed by atoms with Crippen molar-refractivity contribution in [1.29, 1.82) is 0 Å². The molecule has 0 aliphatic heterocycles. The van der Waals surface area contributed by atoms with Crippen molar-refractivity contribution in [3.8, 4) is 11.5 Å². The van der Waals surface area contributed by atoms with E-state index in [1.54, 1.807) is 6.21 Å². The van der Waals surface area contributed by atoms with Crippen LogP contribution in [0.1, 0.15) is 23.6 Å². The van der Waals surface area contributed by atoms with Crippen LogP contribution in [0.15, 0.2) is 64.1 Å². The lowest BCUT2D eigenvalue weighted by molar-refractivity contribution is 0.267. The molecule has 0 aliphatic carbocycles. The molecule has 3 rings (SSSR count). The summed E-state index contributed by atoms with van der Waals surface area (Å²) in [4.78, 5) is 4.57. The topological polar surface area (TPSA) is 30.8 Å². The van der Waals surface area contributed by atoms with Crippen molar-refractivity contribution in [3.63, 3.8) is 0 Å². The minimum absolute atomic E-state index is 0.341. The summed E-state index contributed by atoms with van der Waals surface area (Å²) < 4.78 is 12.6. The fourth-order valence-electron chi connectivity index (χ4n) is 2.71. The Balaban J connectivity index is 1.87. The second kappa shape index (κ2) is 10.1. The molecule has 0 fully saturated rings. The maximum Gasteiger partial charge on any atom is 0.175 e. The summed E-state index contributed by atoms with van der Waals surface area (Å²) in [6.07, 6.45) is 1.78. The number of aliphatic imine (C=N–C) groups is 1. The van der Waals surface area contributed by atoms with Crippen LogP contribution < -0.4 is 9.47 Å². The second-order valence-corrected chi connectivity index (χ2v) is 7.95. The van der Waals surface area contributed by atoms with Gasteiger partial charge in [0.25, 0.3) is 0 Å². The lowest BCUT2D eigenvalue weighted by Crippen LogP contribution is -2.02. The Morgan fingerprint density at radius 3 is 2.52 bits per heavy atom. The molecule has 0 radical (unpaired) electrons. The van der Waals surface area contributed by atoms with Crippen LogP contribution in [-0.2, 0) is 6.61 Å².